The molecule has 0 saturated carbocycles. The Hall–Kier alpha value is -3.72. The van der Waals surface area contributed by atoms with Gasteiger partial charge in [0.1, 0.15) is 24.0 Å². The van der Waals surface area contributed by atoms with Crippen molar-refractivity contribution < 1.29 is 23.8 Å². The van der Waals surface area contributed by atoms with E-state index in [0.717, 1.165) is 16.2 Å². The third-order valence-corrected chi connectivity index (χ3v) is 4.77. The molecule has 0 aliphatic carbocycles. The number of amides is 3. The van der Waals surface area contributed by atoms with Crippen molar-refractivity contribution in [3.05, 3.63) is 71.9 Å². The number of para-hydroxylation sites is 1. The smallest absolute Gasteiger partial charge is 0.325 e. The van der Waals surface area contributed by atoms with Gasteiger partial charge in [0.05, 0.1) is 31.1 Å². The minimum atomic E-state index is -0.544. The second-order valence-corrected chi connectivity index (χ2v) is 7.15. The molecule has 1 aromatic heterocycles. The Labute approximate surface area is 198 Å². The summed E-state index contributed by atoms with van der Waals surface area (Å²) in [4.78, 5) is 31.6. The monoisotopic (exact) mass is 470 g/mol. The van der Waals surface area contributed by atoms with Gasteiger partial charge in [-0.25, -0.2) is 14.2 Å². The number of carbonyl (C=O) groups excluding carboxylic acids is 2. The number of aromatic nitrogens is 2. The molecule has 3 aromatic rings. The lowest BCUT2D eigenvalue weighted by Gasteiger charge is -2.18. The highest BCUT2D eigenvalue weighted by molar-refractivity contribution is 6.02. The predicted molar refractivity (Wildman–Crippen MR) is 128 cm³/mol. The number of rotatable bonds is 6. The minimum Gasteiger partial charge on any atom is -0.491 e. The molecule has 8 nitrogen and oxygen atoms in total. The number of nitrogens with one attached hydrogen (secondary N) is 2. The molecular formula is C25H31FN4O4. The number of hydrogen-bond acceptors (Lipinski definition) is 5. The first-order valence-corrected chi connectivity index (χ1v) is 11.1. The van der Waals surface area contributed by atoms with Crippen LogP contribution in [-0.4, -0.2) is 51.7 Å². The van der Waals surface area contributed by atoms with Crippen LogP contribution < -0.4 is 10.1 Å². The lowest BCUT2D eigenvalue weighted by Crippen LogP contribution is -2.34. The Morgan fingerprint density at radius 3 is 2.47 bits per heavy atom. The number of aliphatic hydroxyl groups excluding tert-OH is 1. The summed E-state index contributed by atoms with van der Waals surface area (Å²) in [5, 5.41) is 10.9. The summed E-state index contributed by atoms with van der Waals surface area (Å²) in [6, 6.07) is 13.3. The summed E-state index contributed by atoms with van der Waals surface area (Å²) in [7, 11) is 0. The fraction of sp³-hybridized carbons (Fsp3) is 0.320. The zero-order chi connectivity index (χ0) is 25.1. The first kappa shape index (κ1) is 26.5. The highest BCUT2D eigenvalue weighted by Crippen LogP contribution is 2.26. The number of carbonyl (C=O) groups is 2. The number of ether oxygens (including phenoxy) is 1. The Morgan fingerprint density at radius 2 is 1.88 bits per heavy atom. The maximum Gasteiger partial charge on any atom is 0.325 e. The summed E-state index contributed by atoms with van der Waals surface area (Å²) in [5.74, 6) is 0.576. The van der Waals surface area contributed by atoms with Crippen LogP contribution in [0, 0.1) is 12.7 Å². The SMILES string of the molecule is CC.Cc1ccc(-c2cnc([C@H](C)N3C(=O)CNC3=O)[nH]2)c(F)c1.OCCOc1ccccc1. The van der Waals surface area contributed by atoms with Crippen LogP contribution in [-0.2, 0) is 4.79 Å². The van der Waals surface area contributed by atoms with E-state index >= 15 is 0 Å². The molecule has 1 atom stereocenters. The summed E-state index contributed by atoms with van der Waals surface area (Å²) in [5.41, 5.74) is 1.73. The standard InChI is InChI=1S/C15H15FN4O2.C8H10O2.C2H6/c1-8-3-4-10(11(16)5-8)12-6-17-14(19-12)9(2)20-13(21)7-18-15(20)22;9-6-7-10-8-4-2-1-3-5-8;1-2/h3-6,9H,7H2,1-2H3,(H,17,19)(H,18,22);1-5,9H,6-7H2;1-2H3/t9-;;/m0../s1. The number of aryl methyl sites for hydroxylation is 1. The highest BCUT2D eigenvalue weighted by Gasteiger charge is 2.34. The number of aliphatic hydroxyl groups is 1. The number of H-pyrrole nitrogens is 1. The van der Waals surface area contributed by atoms with Crippen molar-refractivity contribution >= 4 is 11.9 Å². The lowest BCUT2D eigenvalue weighted by atomic mass is 10.1. The van der Waals surface area contributed by atoms with Gasteiger partial charge in [0.15, 0.2) is 0 Å². The Morgan fingerprint density at radius 1 is 1.18 bits per heavy atom. The van der Waals surface area contributed by atoms with Gasteiger partial charge < -0.3 is 20.1 Å². The molecule has 9 heteroatoms. The number of imidazole rings is 1. The second kappa shape index (κ2) is 13.1. The van der Waals surface area contributed by atoms with Crippen molar-refractivity contribution in [1.82, 2.24) is 20.2 Å². The molecule has 0 radical (unpaired) electrons. The van der Waals surface area contributed by atoms with Crippen LogP contribution in [0.15, 0.2) is 54.7 Å². The number of hydrogen-bond donors (Lipinski definition) is 3. The molecule has 182 valence electrons. The molecule has 0 unspecified atom stereocenters. The third-order valence-electron chi connectivity index (χ3n) is 4.77. The van der Waals surface area contributed by atoms with Gasteiger partial charge in [0.25, 0.3) is 5.91 Å². The van der Waals surface area contributed by atoms with E-state index < -0.39 is 12.1 Å². The quantitative estimate of drug-likeness (QED) is 0.468. The Bertz CT molecular complexity index is 1060. The first-order valence-electron chi connectivity index (χ1n) is 11.1. The number of aromatic amines is 1. The molecule has 3 N–H and O–H groups in total. The van der Waals surface area contributed by atoms with E-state index in [1.54, 1.807) is 19.1 Å². The maximum absolute atomic E-state index is 14.0. The molecular weight excluding hydrogens is 439 g/mol. The summed E-state index contributed by atoms with van der Waals surface area (Å²) in [6.07, 6.45) is 1.50. The summed E-state index contributed by atoms with van der Waals surface area (Å²) < 4.78 is 19.1. The van der Waals surface area contributed by atoms with E-state index in [0.29, 0.717) is 23.7 Å². The van der Waals surface area contributed by atoms with Gasteiger partial charge in [-0.15, -0.1) is 0 Å². The fourth-order valence-electron chi connectivity index (χ4n) is 3.15. The zero-order valence-electron chi connectivity index (χ0n) is 19.8. The number of benzene rings is 2. The van der Waals surface area contributed by atoms with E-state index in [4.69, 9.17) is 9.84 Å². The van der Waals surface area contributed by atoms with E-state index in [1.807, 2.05) is 51.1 Å². The molecule has 1 aliphatic heterocycles. The topological polar surface area (TPSA) is 108 Å². The molecule has 0 bridgehead atoms. The molecule has 2 heterocycles. The Kier molecular flexibility index (Phi) is 10.2. The Balaban J connectivity index is 0.000000286. The molecule has 2 aromatic carbocycles. The fourth-order valence-corrected chi connectivity index (χ4v) is 3.15. The average Bonchev–Trinajstić information content (AvgIpc) is 3.46. The van der Waals surface area contributed by atoms with Crippen molar-refractivity contribution in [3.8, 4) is 17.0 Å². The summed E-state index contributed by atoms with van der Waals surface area (Å²) in [6.45, 7) is 7.92. The normalized spacial score (nSPS) is 13.3. The van der Waals surface area contributed by atoms with Crippen LogP contribution in [0.4, 0.5) is 9.18 Å². The second-order valence-electron chi connectivity index (χ2n) is 7.15. The van der Waals surface area contributed by atoms with E-state index in [9.17, 15) is 14.0 Å². The van der Waals surface area contributed by atoms with Crippen molar-refractivity contribution in [3.63, 3.8) is 0 Å². The number of imide groups is 1. The summed E-state index contributed by atoms with van der Waals surface area (Å²) >= 11 is 0. The van der Waals surface area contributed by atoms with Gasteiger partial charge in [0, 0.05) is 5.56 Å². The lowest BCUT2D eigenvalue weighted by molar-refractivity contribution is -0.126. The molecule has 1 fully saturated rings. The van der Waals surface area contributed by atoms with Crippen molar-refractivity contribution in [1.29, 1.82) is 0 Å². The van der Waals surface area contributed by atoms with Crippen molar-refractivity contribution in [2.45, 2.75) is 33.7 Å². The minimum absolute atomic E-state index is 0.0106. The molecule has 1 saturated heterocycles. The molecule has 3 amide bonds. The van der Waals surface area contributed by atoms with E-state index in [1.165, 1.54) is 12.3 Å². The van der Waals surface area contributed by atoms with Crippen LogP contribution >= 0.6 is 0 Å². The predicted octanol–water partition coefficient (Wildman–Crippen LogP) is 4.22. The van der Waals surface area contributed by atoms with Crippen LogP contribution in [0.3, 0.4) is 0 Å². The van der Waals surface area contributed by atoms with Crippen molar-refractivity contribution in [2.24, 2.45) is 0 Å². The van der Waals surface area contributed by atoms with Gasteiger partial charge in [-0.2, -0.15) is 0 Å². The van der Waals surface area contributed by atoms with Crippen LogP contribution in [0.25, 0.3) is 11.3 Å². The molecule has 0 spiro atoms. The van der Waals surface area contributed by atoms with Gasteiger partial charge in [-0.3, -0.25) is 9.69 Å². The molecule has 34 heavy (non-hydrogen) atoms. The van der Waals surface area contributed by atoms with Crippen LogP contribution in [0.2, 0.25) is 0 Å². The van der Waals surface area contributed by atoms with E-state index in [2.05, 4.69) is 15.3 Å². The highest BCUT2D eigenvalue weighted by atomic mass is 19.1. The first-order chi connectivity index (χ1) is 16.4. The van der Waals surface area contributed by atoms with Crippen LogP contribution in [0.5, 0.6) is 5.75 Å². The van der Waals surface area contributed by atoms with Gasteiger partial charge in [0.2, 0.25) is 0 Å². The van der Waals surface area contributed by atoms with Crippen LogP contribution in [0.1, 0.15) is 38.2 Å². The van der Waals surface area contributed by atoms with Crippen molar-refractivity contribution in [2.75, 3.05) is 19.8 Å². The van der Waals surface area contributed by atoms with Gasteiger partial charge in [-0.05, 0) is 43.7 Å². The maximum atomic E-state index is 14.0. The van der Waals surface area contributed by atoms with Gasteiger partial charge >= 0.3 is 6.03 Å². The number of urea groups is 1. The third kappa shape index (κ3) is 6.89. The van der Waals surface area contributed by atoms with E-state index in [-0.39, 0.29) is 24.9 Å². The van der Waals surface area contributed by atoms with Gasteiger partial charge in [-0.1, -0.05) is 38.1 Å². The largest absolute Gasteiger partial charge is 0.491 e. The number of nitrogens with zero attached hydrogens (tertiary/aromatic N) is 2. The number of halogens is 1. The average molecular weight is 471 g/mol. The molecule has 1 aliphatic rings. The molecule has 4 rings (SSSR count). The zero-order valence-corrected chi connectivity index (χ0v) is 19.8.